The van der Waals surface area contributed by atoms with E-state index in [-0.39, 0.29) is 11.1 Å². The van der Waals surface area contributed by atoms with Gasteiger partial charge in [0.25, 0.3) is 0 Å². The minimum Gasteiger partial charge on any atom is -0.372 e. The molecule has 1 aliphatic rings. The van der Waals surface area contributed by atoms with Crippen LogP contribution >= 0.6 is 0 Å². The zero-order valence-corrected chi connectivity index (χ0v) is 12.0. The van der Waals surface area contributed by atoms with Gasteiger partial charge in [-0.2, -0.15) is 13.2 Å². The van der Waals surface area contributed by atoms with Crippen LogP contribution in [0.25, 0.3) is 11.1 Å². The summed E-state index contributed by atoms with van der Waals surface area (Å²) >= 11 is 0. The lowest BCUT2D eigenvalue weighted by Gasteiger charge is -2.30. The zero-order chi connectivity index (χ0) is 15.6. The lowest BCUT2D eigenvalue weighted by Crippen LogP contribution is -2.42. The van der Waals surface area contributed by atoms with Crippen LogP contribution in [0.4, 0.5) is 13.2 Å². The van der Waals surface area contributed by atoms with Crippen molar-refractivity contribution in [3.63, 3.8) is 0 Å². The smallest absolute Gasteiger partial charge is 0.372 e. The van der Waals surface area contributed by atoms with E-state index >= 15 is 0 Å². The second-order valence-corrected chi connectivity index (χ2v) is 5.62. The Bertz CT molecular complexity index is 746. The Kier molecular flexibility index (Phi) is 2.76. The minimum atomic E-state index is -4.76. The van der Waals surface area contributed by atoms with Gasteiger partial charge >= 0.3 is 6.18 Å². The summed E-state index contributed by atoms with van der Waals surface area (Å²) < 4.78 is 41.0. The maximum atomic E-state index is 13.7. The molecule has 1 aliphatic carbocycles. The molecule has 1 nitrogen and oxygen atoms in total. The van der Waals surface area contributed by atoms with Crippen LogP contribution in [0.5, 0.6) is 0 Å². The maximum absolute atomic E-state index is 13.7. The van der Waals surface area contributed by atoms with Crippen molar-refractivity contribution < 1.29 is 18.3 Å². The number of hydrogen-bond donors (Lipinski definition) is 1. The average molecular weight is 292 g/mol. The summed E-state index contributed by atoms with van der Waals surface area (Å²) in [5.41, 5.74) is 0.101. The molecule has 0 amide bonds. The van der Waals surface area contributed by atoms with Gasteiger partial charge in [-0.05, 0) is 48.6 Å². The average Bonchev–Trinajstić information content (AvgIpc) is 2.67. The van der Waals surface area contributed by atoms with Crippen molar-refractivity contribution >= 4 is 0 Å². The molecule has 0 fully saturated rings. The van der Waals surface area contributed by atoms with Crippen LogP contribution < -0.4 is 0 Å². The van der Waals surface area contributed by atoms with E-state index < -0.39 is 11.8 Å². The molecule has 0 aliphatic heterocycles. The van der Waals surface area contributed by atoms with E-state index in [0.29, 0.717) is 16.7 Å². The number of fused-ring (bicyclic) bond motifs is 3. The number of aryl methyl sites for hydroxylation is 1. The molecule has 1 atom stereocenters. The number of rotatable bonds is 0. The quantitative estimate of drug-likeness (QED) is 0.763. The highest BCUT2D eigenvalue weighted by atomic mass is 19.4. The molecule has 2 aromatic rings. The molecule has 0 saturated heterocycles. The molecule has 0 saturated carbocycles. The summed E-state index contributed by atoms with van der Waals surface area (Å²) in [5.74, 6) is 0. The van der Waals surface area contributed by atoms with Gasteiger partial charge in [0.2, 0.25) is 5.60 Å². The van der Waals surface area contributed by atoms with Gasteiger partial charge < -0.3 is 5.11 Å². The molecule has 0 radical (unpaired) electrons. The highest BCUT2D eigenvalue weighted by Crippen LogP contribution is 2.56. The molecule has 1 N–H and O–H groups in total. The van der Waals surface area contributed by atoms with Crippen molar-refractivity contribution in [2.24, 2.45) is 0 Å². The van der Waals surface area contributed by atoms with Crippen LogP contribution in [-0.4, -0.2) is 11.3 Å². The molecule has 21 heavy (non-hydrogen) atoms. The van der Waals surface area contributed by atoms with E-state index in [1.807, 2.05) is 6.92 Å². The Morgan fingerprint density at radius 2 is 1.57 bits per heavy atom. The first-order valence-corrected chi connectivity index (χ1v) is 6.70. The van der Waals surface area contributed by atoms with Gasteiger partial charge in [0.1, 0.15) is 0 Å². The summed E-state index contributed by atoms with van der Waals surface area (Å²) in [7, 11) is 0. The SMILES string of the molecule is Cc1cc2c(c(C)c1C)[C@@](O)(C(F)(F)F)c1ccccc1-2. The Morgan fingerprint density at radius 1 is 0.952 bits per heavy atom. The Balaban J connectivity index is 2.50. The monoisotopic (exact) mass is 292 g/mol. The maximum Gasteiger partial charge on any atom is 0.425 e. The molecule has 4 heteroatoms. The first-order chi connectivity index (χ1) is 9.69. The van der Waals surface area contributed by atoms with Gasteiger partial charge in [0, 0.05) is 11.1 Å². The van der Waals surface area contributed by atoms with E-state index in [0.717, 1.165) is 11.1 Å². The van der Waals surface area contributed by atoms with Gasteiger partial charge in [-0.15, -0.1) is 0 Å². The van der Waals surface area contributed by atoms with Crippen LogP contribution in [0.3, 0.4) is 0 Å². The van der Waals surface area contributed by atoms with Crippen molar-refractivity contribution in [2.75, 3.05) is 0 Å². The second kappa shape index (κ2) is 4.10. The first kappa shape index (κ1) is 14.1. The molecule has 0 spiro atoms. The van der Waals surface area contributed by atoms with Crippen molar-refractivity contribution in [2.45, 2.75) is 32.5 Å². The summed E-state index contributed by atoms with van der Waals surface area (Å²) in [6, 6.07) is 7.94. The van der Waals surface area contributed by atoms with Gasteiger partial charge in [-0.1, -0.05) is 30.3 Å². The number of halogens is 3. The predicted molar refractivity (Wildman–Crippen MR) is 75.1 cm³/mol. The fourth-order valence-corrected chi connectivity index (χ4v) is 3.22. The second-order valence-electron chi connectivity index (χ2n) is 5.62. The van der Waals surface area contributed by atoms with Crippen LogP contribution in [-0.2, 0) is 5.60 Å². The van der Waals surface area contributed by atoms with E-state index in [4.69, 9.17) is 0 Å². The lowest BCUT2D eigenvalue weighted by atomic mass is 9.85. The highest BCUT2D eigenvalue weighted by Gasteiger charge is 2.61. The third-order valence-corrected chi connectivity index (χ3v) is 4.54. The molecular weight excluding hydrogens is 277 g/mol. The van der Waals surface area contributed by atoms with Crippen LogP contribution in [0, 0.1) is 20.8 Å². The fourth-order valence-electron chi connectivity index (χ4n) is 3.22. The van der Waals surface area contributed by atoms with Gasteiger partial charge in [0.05, 0.1) is 0 Å². The van der Waals surface area contributed by atoms with Gasteiger partial charge in [-0.25, -0.2) is 0 Å². The highest BCUT2D eigenvalue weighted by molar-refractivity contribution is 5.83. The number of hydrogen-bond acceptors (Lipinski definition) is 1. The van der Waals surface area contributed by atoms with Gasteiger partial charge in [0.15, 0.2) is 0 Å². The molecule has 0 heterocycles. The number of alkyl halides is 3. The van der Waals surface area contributed by atoms with E-state index in [1.54, 1.807) is 32.0 Å². The largest absolute Gasteiger partial charge is 0.425 e. The molecule has 0 bridgehead atoms. The Morgan fingerprint density at radius 3 is 2.19 bits per heavy atom. The summed E-state index contributed by atoms with van der Waals surface area (Å²) in [4.78, 5) is 0. The fraction of sp³-hybridized carbons (Fsp3) is 0.294. The number of benzene rings is 2. The van der Waals surface area contributed by atoms with Crippen molar-refractivity contribution in [3.8, 4) is 11.1 Å². The first-order valence-electron chi connectivity index (χ1n) is 6.70. The summed E-state index contributed by atoms with van der Waals surface area (Å²) in [5, 5.41) is 10.6. The normalized spacial score (nSPS) is 20.3. The zero-order valence-electron chi connectivity index (χ0n) is 12.0. The molecule has 0 aromatic heterocycles. The Labute approximate surface area is 121 Å². The lowest BCUT2D eigenvalue weighted by molar-refractivity contribution is -0.246. The van der Waals surface area contributed by atoms with Crippen LogP contribution in [0.15, 0.2) is 30.3 Å². The van der Waals surface area contributed by atoms with Crippen molar-refractivity contribution in [3.05, 3.63) is 58.1 Å². The Hall–Kier alpha value is -1.81. The minimum absolute atomic E-state index is 0.0284. The van der Waals surface area contributed by atoms with Gasteiger partial charge in [-0.3, -0.25) is 0 Å². The van der Waals surface area contributed by atoms with Crippen LogP contribution in [0.2, 0.25) is 0 Å². The van der Waals surface area contributed by atoms with Crippen molar-refractivity contribution in [1.82, 2.24) is 0 Å². The van der Waals surface area contributed by atoms with E-state index in [2.05, 4.69) is 0 Å². The standard InChI is InChI=1S/C17H15F3O/c1-9-8-13-12-6-4-5-7-14(12)16(21,17(18,19)20)15(13)11(3)10(9)2/h4-8,21H,1-3H3/t16-/m1/s1. The molecular formula is C17H15F3O. The number of aliphatic hydroxyl groups is 1. The molecule has 110 valence electrons. The van der Waals surface area contributed by atoms with Crippen molar-refractivity contribution in [1.29, 1.82) is 0 Å². The predicted octanol–water partition coefficient (Wildman–Crippen LogP) is 4.39. The summed E-state index contributed by atoms with van der Waals surface area (Å²) in [6.07, 6.45) is -4.76. The third-order valence-electron chi connectivity index (χ3n) is 4.54. The topological polar surface area (TPSA) is 20.2 Å². The summed E-state index contributed by atoms with van der Waals surface area (Å²) in [6.45, 7) is 5.30. The van der Waals surface area contributed by atoms with E-state index in [1.165, 1.54) is 12.1 Å². The molecule has 2 aromatic carbocycles. The van der Waals surface area contributed by atoms with E-state index in [9.17, 15) is 18.3 Å². The van der Waals surface area contributed by atoms with Crippen LogP contribution in [0.1, 0.15) is 27.8 Å². The third kappa shape index (κ3) is 1.62. The molecule has 0 unspecified atom stereocenters. The molecule has 3 rings (SSSR count).